The lowest BCUT2D eigenvalue weighted by atomic mass is 9.97. The highest BCUT2D eigenvalue weighted by Gasteiger charge is 2.22. The van der Waals surface area contributed by atoms with Gasteiger partial charge in [0.25, 0.3) is 0 Å². The number of hydrogen-bond acceptors (Lipinski definition) is 8. The molecule has 1 heterocycles. The van der Waals surface area contributed by atoms with Gasteiger partial charge in [-0.05, 0) is 48.8 Å². The molecule has 0 saturated heterocycles. The smallest absolute Gasteiger partial charge is 0.303 e. The van der Waals surface area contributed by atoms with Crippen LogP contribution in [0.25, 0.3) is 17.3 Å². The lowest BCUT2D eigenvalue weighted by molar-refractivity contribution is -0.139. The molecule has 0 unspecified atom stereocenters. The van der Waals surface area contributed by atoms with Crippen molar-refractivity contribution in [2.45, 2.75) is 44.8 Å². The lowest BCUT2D eigenvalue weighted by Gasteiger charge is -2.19. The Hall–Kier alpha value is -2.89. The number of sulfone groups is 1. The van der Waals surface area contributed by atoms with E-state index in [9.17, 15) is 27.8 Å². The third kappa shape index (κ3) is 8.52. The van der Waals surface area contributed by atoms with E-state index in [0.29, 0.717) is 22.5 Å². The van der Waals surface area contributed by atoms with E-state index in [0.717, 1.165) is 12.3 Å². The molecule has 180 valence electrons. The summed E-state index contributed by atoms with van der Waals surface area (Å²) in [5, 5.41) is 31.9. The van der Waals surface area contributed by atoms with Gasteiger partial charge in [-0.2, -0.15) is 0 Å². The Morgan fingerprint density at radius 3 is 2.39 bits per heavy atom. The molecular weight excluding hydrogens is 453 g/mol. The Kier molecular flexibility index (Phi) is 8.64. The number of nitrogens with zero attached hydrogens (tertiary/aromatic N) is 2. The molecule has 0 spiro atoms. The van der Waals surface area contributed by atoms with Gasteiger partial charge >= 0.3 is 5.97 Å². The Morgan fingerprint density at radius 1 is 1.21 bits per heavy atom. The summed E-state index contributed by atoms with van der Waals surface area (Å²) >= 11 is 0. The summed E-state index contributed by atoms with van der Waals surface area (Å²) < 4.78 is 36.6. The fourth-order valence-electron chi connectivity index (χ4n) is 2.99. The maximum absolute atomic E-state index is 13.5. The third-order valence-electron chi connectivity index (χ3n) is 4.58. The SMILES string of the molecule is CC(C)c1nc(NCS(C)(=O)=O)nc(-c2ccc(F)cc2)c1C=CC(O)(O)CCCC(=O)O. The van der Waals surface area contributed by atoms with E-state index < -0.39 is 27.4 Å². The molecule has 0 atom stereocenters. The number of carbonyl (C=O) groups is 1. The van der Waals surface area contributed by atoms with Crippen LogP contribution in [0.3, 0.4) is 0 Å². The molecule has 2 aromatic rings. The normalized spacial score (nSPS) is 12.5. The third-order valence-corrected chi connectivity index (χ3v) is 5.25. The summed E-state index contributed by atoms with van der Waals surface area (Å²) in [6, 6.07) is 5.49. The van der Waals surface area contributed by atoms with Gasteiger partial charge in [0.1, 0.15) is 11.7 Å². The molecular formula is C22H28FN3O6S. The quantitative estimate of drug-likeness (QED) is 0.355. The standard InChI is InChI=1S/C22H28FN3O6S/c1-14(2)19-17(10-12-22(29,30)11-4-5-18(27)28)20(15-6-8-16(23)9-7-15)26-21(25-19)24-13-33(3,31)32/h6-10,12,14,29-30H,4-5,11,13H2,1-3H3,(H,27,28)(H,24,25,26). The molecule has 0 saturated carbocycles. The van der Waals surface area contributed by atoms with Gasteiger partial charge in [-0.1, -0.05) is 13.8 Å². The summed E-state index contributed by atoms with van der Waals surface area (Å²) in [5.74, 6) is -4.25. The van der Waals surface area contributed by atoms with Gasteiger partial charge < -0.3 is 20.6 Å². The molecule has 0 fully saturated rings. The van der Waals surface area contributed by atoms with Crippen LogP contribution in [-0.2, 0) is 14.6 Å². The summed E-state index contributed by atoms with van der Waals surface area (Å²) in [6.07, 6.45) is 3.25. The van der Waals surface area contributed by atoms with Crippen molar-refractivity contribution in [1.29, 1.82) is 0 Å². The van der Waals surface area contributed by atoms with E-state index in [4.69, 9.17) is 5.11 Å². The monoisotopic (exact) mass is 481 g/mol. The summed E-state index contributed by atoms with van der Waals surface area (Å²) in [6.45, 7) is 3.71. The van der Waals surface area contributed by atoms with Crippen molar-refractivity contribution in [3.63, 3.8) is 0 Å². The second kappa shape index (κ2) is 10.8. The first-order valence-electron chi connectivity index (χ1n) is 10.2. The van der Waals surface area contributed by atoms with Gasteiger partial charge in [0.15, 0.2) is 15.6 Å². The van der Waals surface area contributed by atoms with E-state index in [1.165, 1.54) is 30.3 Å². The number of nitrogens with one attached hydrogen (secondary N) is 1. The highest BCUT2D eigenvalue weighted by Crippen LogP contribution is 2.31. The van der Waals surface area contributed by atoms with Crippen LogP contribution in [-0.4, -0.2) is 57.6 Å². The van der Waals surface area contributed by atoms with Crippen molar-refractivity contribution in [2.24, 2.45) is 0 Å². The molecule has 33 heavy (non-hydrogen) atoms. The number of benzene rings is 1. The molecule has 0 amide bonds. The first kappa shape index (κ1) is 26.4. The second-order valence-electron chi connectivity index (χ2n) is 8.06. The van der Waals surface area contributed by atoms with Crippen LogP contribution >= 0.6 is 0 Å². The van der Waals surface area contributed by atoms with E-state index in [-0.39, 0.29) is 37.0 Å². The van der Waals surface area contributed by atoms with Crippen LogP contribution in [0.4, 0.5) is 10.3 Å². The number of anilines is 1. The number of carboxylic acid groups (broad SMARTS) is 1. The van der Waals surface area contributed by atoms with E-state index >= 15 is 0 Å². The van der Waals surface area contributed by atoms with Crippen molar-refractivity contribution in [1.82, 2.24) is 9.97 Å². The largest absolute Gasteiger partial charge is 0.481 e. The van der Waals surface area contributed by atoms with E-state index in [1.54, 1.807) is 0 Å². The van der Waals surface area contributed by atoms with Gasteiger partial charge in [0, 0.05) is 30.2 Å². The second-order valence-corrected chi connectivity index (χ2v) is 10.2. The van der Waals surface area contributed by atoms with Crippen molar-refractivity contribution in [2.75, 3.05) is 17.4 Å². The minimum atomic E-state index is -3.36. The Labute approximate surface area is 192 Å². The Morgan fingerprint density at radius 2 is 1.85 bits per heavy atom. The first-order valence-corrected chi connectivity index (χ1v) is 12.3. The minimum absolute atomic E-state index is 0.0549. The Bertz CT molecular complexity index is 1120. The molecule has 0 aliphatic carbocycles. The molecule has 0 aliphatic rings. The molecule has 0 bridgehead atoms. The van der Waals surface area contributed by atoms with Crippen LogP contribution in [0, 0.1) is 5.82 Å². The van der Waals surface area contributed by atoms with Crippen LogP contribution < -0.4 is 5.32 Å². The molecule has 2 rings (SSSR count). The van der Waals surface area contributed by atoms with Gasteiger partial charge in [0.2, 0.25) is 5.95 Å². The number of aromatic nitrogens is 2. The molecule has 1 aromatic carbocycles. The first-order chi connectivity index (χ1) is 15.3. The number of hydrogen-bond donors (Lipinski definition) is 4. The number of carboxylic acids is 1. The van der Waals surface area contributed by atoms with Gasteiger partial charge in [-0.25, -0.2) is 22.8 Å². The van der Waals surface area contributed by atoms with Gasteiger partial charge in [-0.15, -0.1) is 0 Å². The molecule has 11 heteroatoms. The lowest BCUT2D eigenvalue weighted by Crippen LogP contribution is -2.25. The average Bonchev–Trinajstić information content (AvgIpc) is 2.70. The fraction of sp³-hybridized carbons (Fsp3) is 0.409. The zero-order chi connectivity index (χ0) is 24.8. The van der Waals surface area contributed by atoms with Crippen LogP contribution in [0.15, 0.2) is 30.3 Å². The number of aliphatic hydroxyl groups is 2. The van der Waals surface area contributed by atoms with Crippen molar-refractivity contribution < 1.29 is 32.9 Å². The highest BCUT2D eigenvalue weighted by atomic mass is 32.2. The van der Waals surface area contributed by atoms with Crippen LogP contribution in [0.5, 0.6) is 0 Å². The van der Waals surface area contributed by atoms with Gasteiger partial charge in [-0.3, -0.25) is 4.79 Å². The number of rotatable bonds is 11. The predicted molar refractivity (Wildman–Crippen MR) is 123 cm³/mol. The van der Waals surface area contributed by atoms with Gasteiger partial charge in [0.05, 0.1) is 11.4 Å². The van der Waals surface area contributed by atoms with E-state index in [1.807, 2.05) is 13.8 Å². The maximum atomic E-state index is 13.5. The Balaban J connectivity index is 2.56. The summed E-state index contributed by atoms with van der Waals surface area (Å²) in [7, 11) is -3.36. The predicted octanol–water partition coefficient (Wildman–Crippen LogP) is 2.77. The van der Waals surface area contributed by atoms with Crippen molar-refractivity contribution in [3.05, 3.63) is 47.4 Å². The highest BCUT2D eigenvalue weighted by molar-refractivity contribution is 7.90. The summed E-state index contributed by atoms with van der Waals surface area (Å²) in [5.41, 5.74) is 1.78. The molecule has 9 nitrogen and oxygen atoms in total. The zero-order valence-electron chi connectivity index (χ0n) is 18.6. The van der Waals surface area contributed by atoms with E-state index in [2.05, 4.69) is 15.3 Å². The van der Waals surface area contributed by atoms with Crippen LogP contribution in [0.1, 0.15) is 50.3 Å². The molecule has 0 aliphatic heterocycles. The minimum Gasteiger partial charge on any atom is -0.481 e. The van der Waals surface area contributed by atoms with Crippen LogP contribution in [0.2, 0.25) is 0 Å². The molecule has 1 aromatic heterocycles. The van der Waals surface area contributed by atoms with Crippen molar-refractivity contribution in [3.8, 4) is 11.3 Å². The topological polar surface area (TPSA) is 150 Å². The zero-order valence-corrected chi connectivity index (χ0v) is 19.4. The number of halogens is 1. The van der Waals surface area contributed by atoms with Crippen molar-refractivity contribution >= 4 is 27.8 Å². The molecule has 4 N–H and O–H groups in total. The average molecular weight is 482 g/mol. The number of aliphatic carboxylic acids is 1. The maximum Gasteiger partial charge on any atom is 0.303 e. The fourth-order valence-corrected chi connectivity index (χ4v) is 3.38. The summed E-state index contributed by atoms with van der Waals surface area (Å²) in [4.78, 5) is 19.5. The molecule has 0 radical (unpaired) electrons.